The minimum absolute atomic E-state index is 0.0969. The summed E-state index contributed by atoms with van der Waals surface area (Å²) in [6.07, 6.45) is 7.79. The molecule has 1 unspecified atom stereocenters. The van der Waals surface area contributed by atoms with Crippen molar-refractivity contribution in [1.82, 2.24) is 9.97 Å². The first-order chi connectivity index (χ1) is 27.8. The Labute approximate surface area is 327 Å². The predicted octanol–water partition coefficient (Wildman–Crippen LogP) is 13.1. The van der Waals surface area contributed by atoms with E-state index in [0.717, 1.165) is 51.8 Å². The number of benzene rings is 7. The van der Waals surface area contributed by atoms with Crippen LogP contribution >= 0.6 is 0 Å². The Bertz CT molecular complexity index is 2830. The summed E-state index contributed by atoms with van der Waals surface area (Å²) < 4.78 is 6.69. The van der Waals surface area contributed by atoms with Gasteiger partial charge in [-0.1, -0.05) is 176 Å². The van der Waals surface area contributed by atoms with Crippen LogP contribution in [-0.2, 0) is 5.41 Å². The number of aromatic nitrogens is 2. The molecular weight excluding hydrogens is 681 g/mol. The van der Waals surface area contributed by atoms with Gasteiger partial charge in [-0.15, -0.1) is 0 Å². The summed E-state index contributed by atoms with van der Waals surface area (Å²) in [5, 5.41) is 0. The monoisotopic (exact) mass is 716 g/mol. The Kier molecular flexibility index (Phi) is 7.53. The summed E-state index contributed by atoms with van der Waals surface area (Å²) in [6.45, 7) is 0. The smallest absolute Gasteiger partial charge is 0.160 e. The molecule has 1 spiro atoms. The second-order valence-corrected chi connectivity index (χ2v) is 14.8. The van der Waals surface area contributed by atoms with Gasteiger partial charge in [0.2, 0.25) is 0 Å². The lowest BCUT2D eigenvalue weighted by atomic mass is 9.65. The van der Waals surface area contributed by atoms with E-state index in [2.05, 4.69) is 182 Å². The molecule has 0 fully saturated rings. The molecule has 1 aromatic heterocycles. The second-order valence-electron chi connectivity index (χ2n) is 14.8. The normalized spacial score (nSPS) is 15.6. The molecule has 7 aromatic carbocycles. The molecule has 0 amide bonds. The summed E-state index contributed by atoms with van der Waals surface area (Å²) in [5.41, 5.74) is 15.7. The van der Waals surface area contributed by atoms with Gasteiger partial charge in [-0.05, 0) is 75.2 Å². The second kappa shape index (κ2) is 13.0. The maximum atomic E-state index is 6.69. The van der Waals surface area contributed by atoms with Crippen LogP contribution in [0.2, 0.25) is 0 Å². The van der Waals surface area contributed by atoms with Gasteiger partial charge in [0.1, 0.15) is 11.5 Å². The number of fused-ring (bicyclic) bond motifs is 9. The summed E-state index contributed by atoms with van der Waals surface area (Å²) in [5.74, 6) is 2.64. The van der Waals surface area contributed by atoms with Crippen LogP contribution in [0.25, 0.3) is 50.5 Å². The molecule has 0 N–H and O–H groups in total. The van der Waals surface area contributed by atoms with E-state index in [1.165, 1.54) is 50.1 Å². The Morgan fingerprint density at radius 1 is 0.464 bits per heavy atom. The van der Waals surface area contributed by atoms with Gasteiger partial charge in [0.05, 0.1) is 16.8 Å². The third-order valence-corrected chi connectivity index (χ3v) is 11.7. The molecule has 0 bridgehead atoms. The maximum Gasteiger partial charge on any atom is 0.160 e. The van der Waals surface area contributed by atoms with Crippen LogP contribution in [0.15, 0.2) is 200 Å². The average Bonchev–Trinajstić information content (AvgIpc) is 3.57. The van der Waals surface area contributed by atoms with Gasteiger partial charge < -0.3 is 4.74 Å². The lowest BCUT2D eigenvalue weighted by molar-refractivity contribution is 0.436. The average molecular weight is 717 g/mol. The molecule has 2 aliphatic carbocycles. The fraction of sp³-hybridized carbons (Fsp3) is 0.0566. The van der Waals surface area contributed by atoms with Crippen molar-refractivity contribution in [2.75, 3.05) is 0 Å². The Morgan fingerprint density at radius 3 is 1.75 bits per heavy atom. The van der Waals surface area contributed by atoms with E-state index >= 15 is 0 Å². The van der Waals surface area contributed by atoms with E-state index in [1.807, 2.05) is 18.2 Å². The number of hydrogen-bond acceptors (Lipinski definition) is 3. The van der Waals surface area contributed by atoms with E-state index in [-0.39, 0.29) is 5.92 Å². The van der Waals surface area contributed by atoms with Crippen LogP contribution in [-0.4, -0.2) is 9.97 Å². The van der Waals surface area contributed by atoms with Crippen molar-refractivity contribution >= 4 is 5.57 Å². The largest absolute Gasteiger partial charge is 0.457 e. The number of rotatable bonds is 5. The van der Waals surface area contributed by atoms with Crippen molar-refractivity contribution in [3.8, 4) is 56.4 Å². The van der Waals surface area contributed by atoms with Crippen molar-refractivity contribution in [1.29, 1.82) is 0 Å². The Morgan fingerprint density at radius 2 is 1.05 bits per heavy atom. The van der Waals surface area contributed by atoms with Crippen LogP contribution in [0.4, 0.5) is 0 Å². The SMILES string of the molecule is C1=CC(c2cc(-c3ccccc3-c3ccccc3)nc(-c3ccccc3)n2)CC=C1c1ccc2c(c1)C1(c3ccccc3O2)c2ccccc2-c2ccccc21. The lowest BCUT2D eigenvalue weighted by Gasteiger charge is -2.39. The van der Waals surface area contributed by atoms with E-state index < -0.39 is 5.41 Å². The van der Waals surface area contributed by atoms with Crippen molar-refractivity contribution in [3.05, 3.63) is 234 Å². The highest BCUT2D eigenvalue weighted by Gasteiger charge is 2.51. The van der Waals surface area contributed by atoms with Crippen molar-refractivity contribution in [3.63, 3.8) is 0 Å². The van der Waals surface area contributed by atoms with Gasteiger partial charge in [-0.25, -0.2) is 9.97 Å². The molecule has 3 aliphatic rings. The standard InChI is InChI=1S/C53H36N2O/c1-3-15-36(16-4-1)40-19-7-8-22-43(40)49-34-48(54-52(55-49)38-17-5-2-6-18-38)37-29-27-35(28-30-37)39-31-32-51-47(33-39)53(46-25-13-14-26-50(46)56-51)44-23-11-9-20-41(44)42-21-10-12-24-45(42)53/h1-29,31-34,37H,30H2. The van der Waals surface area contributed by atoms with Gasteiger partial charge in [-0.2, -0.15) is 0 Å². The van der Waals surface area contributed by atoms with Crippen LogP contribution in [0.3, 0.4) is 0 Å². The first-order valence-corrected chi connectivity index (χ1v) is 19.3. The molecule has 2 heterocycles. The number of hydrogen-bond donors (Lipinski definition) is 0. The topological polar surface area (TPSA) is 35.0 Å². The minimum atomic E-state index is -0.490. The molecule has 8 aromatic rings. The molecule has 56 heavy (non-hydrogen) atoms. The summed E-state index contributed by atoms with van der Waals surface area (Å²) in [6, 6.07) is 64.7. The molecule has 3 nitrogen and oxygen atoms in total. The fourth-order valence-corrected chi connectivity index (χ4v) is 9.18. The minimum Gasteiger partial charge on any atom is -0.457 e. The number of allylic oxidation sites excluding steroid dienone is 4. The van der Waals surface area contributed by atoms with Crippen molar-refractivity contribution in [2.45, 2.75) is 17.8 Å². The highest BCUT2D eigenvalue weighted by molar-refractivity contribution is 5.89. The number of ether oxygens (including phenoxy) is 1. The Balaban J connectivity index is 0.997. The summed E-state index contributed by atoms with van der Waals surface area (Å²) >= 11 is 0. The fourth-order valence-electron chi connectivity index (χ4n) is 9.18. The maximum absolute atomic E-state index is 6.69. The first-order valence-electron chi connectivity index (χ1n) is 19.3. The van der Waals surface area contributed by atoms with E-state index in [9.17, 15) is 0 Å². The number of nitrogens with zero attached hydrogens (tertiary/aromatic N) is 2. The van der Waals surface area contributed by atoms with Gasteiger partial charge in [0, 0.05) is 28.2 Å². The van der Waals surface area contributed by atoms with Gasteiger partial charge >= 0.3 is 0 Å². The van der Waals surface area contributed by atoms with Crippen molar-refractivity contribution in [2.24, 2.45) is 0 Å². The van der Waals surface area contributed by atoms with E-state index in [4.69, 9.17) is 14.7 Å². The van der Waals surface area contributed by atoms with Crippen LogP contribution in [0, 0.1) is 0 Å². The summed E-state index contributed by atoms with van der Waals surface area (Å²) in [4.78, 5) is 10.4. The molecule has 3 heteroatoms. The highest BCUT2D eigenvalue weighted by Crippen LogP contribution is 2.62. The molecular formula is C53H36N2O. The third kappa shape index (κ3) is 5.05. The predicted molar refractivity (Wildman–Crippen MR) is 227 cm³/mol. The van der Waals surface area contributed by atoms with Crippen molar-refractivity contribution < 1.29 is 4.74 Å². The van der Waals surface area contributed by atoms with Gasteiger partial charge in [0.25, 0.3) is 0 Å². The third-order valence-electron chi connectivity index (χ3n) is 11.7. The molecule has 264 valence electrons. The zero-order chi connectivity index (χ0) is 37.1. The van der Waals surface area contributed by atoms with Gasteiger partial charge in [0.15, 0.2) is 5.82 Å². The molecule has 11 rings (SSSR count). The highest BCUT2D eigenvalue weighted by atomic mass is 16.5. The first kappa shape index (κ1) is 32.3. The molecule has 0 radical (unpaired) electrons. The zero-order valence-corrected chi connectivity index (χ0v) is 30.6. The van der Waals surface area contributed by atoms with Gasteiger partial charge in [-0.3, -0.25) is 0 Å². The van der Waals surface area contributed by atoms with Crippen LogP contribution < -0.4 is 4.74 Å². The van der Waals surface area contributed by atoms with Crippen LogP contribution in [0.1, 0.15) is 45.8 Å². The number of para-hydroxylation sites is 1. The summed E-state index contributed by atoms with van der Waals surface area (Å²) in [7, 11) is 0. The molecule has 0 saturated carbocycles. The van der Waals surface area contributed by atoms with E-state index in [1.54, 1.807) is 0 Å². The van der Waals surface area contributed by atoms with Crippen LogP contribution in [0.5, 0.6) is 11.5 Å². The molecule has 1 atom stereocenters. The Hall–Kier alpha value is -7.10. The quantitative estimate of drug-likeness (QED) is 0.178. The molecule has 1 aliphatic heterocycles. The zero-order valence-electron chi connectivity index (χ0n) is 30.6. The molecule has 0 saturated heterocycles. The lowest BCUT2D eigenvalue weighted by Crippen LogP contribution is -2.32. The van der Waals surface area contributed by atoms with E-state index in [0.29, 0.717) is 0 Å².